The Morgan fingerprint density at radius 1 is 1.40 bits per heavy atom. The molecule has 2 amide bonds. The average molecular weight is 341 g/mol. The molecule has 1 aromatic rings. The van der Waals surface area contributed by atoms with Gasteiger partial charge in [0.05, 0.1) is 12.1 Å². The van der Waals surface area contributed by atoms with Crippen molar-refractivity contribution in [1.29, 1.82) is 0 Å². The second-order valence-electron chi connectivity index (χ2n) is 5.52. The number of nitrogens with one attached hydrogen (secondary N) is 2. The van der Waals surface area contributed by atoms with Crippen LogP contribution in [0.2, 0.25) is 0 Å². The highest BCUT2D eigenvalue weighted by Crippen LogP contribution is 2.28. The molecule has 0 aromatic heterocycles. The highest BCUT2D eigenvalue weighted by Gasteiger charge is 2.34. The lowest BCUT2D eigenvalue weighted by atomic mass is 9.99. The SMILES string of the molecule is Cc1cc(Br)ccc1CNC(=O)NC1(CO)CCCC1. The smallest absolute Gasteiger partial charge is 0.315 e. The van der Waals surface area contributed by atoms with Crippen molar-refractivity contribution in [3.05, 3.63) is 33.8 Å². The number of hydrogen-bond acceptors (Lipinski definition) is 2. The van der Waals surface area contributed by atoms with Crippen LogP contribution in [0.4, 0.5) is 4.79 Å². The number of halogens is 1. The predicted octanol–water partition coefficient (Wildman–Crippen LogP) is 2.86. The summed E-state index contributed by atoms with van der Waals surface area (Å²) >= 11 is 3.42. The van der Waals surface area contributed by atoms with E-state index < -0.39 is 5.54 Å². The van der Waals surface area contributed by atoms with Crippen molar-refractivity contribution in [2.75, 3.05) is 6.61 Å². The third kappa shape index (κ3) is 3.73. The van der Waals surface area contributed by atoms with E-state index in [9.17, 15) is 9.90 Å². The van der Waals surface area contributed by atoms with Crippen LogP contribution in [0.15, 0.2) is 22.7 Å². The average Bonchev–Trinajstić information content (AvgIpc) is 2.87. The molecule has 20 heavy (non-hydrogen) atoms. The molecule has 0 heterocycles. The predicted molar refractivity (Wildman–Crippen MR) is 82.5 cm³/mol. The molecule has 1 aromatic carbocycles. The van der Waals surface area contributed by atoms with Crippen LogP contribution in [-0.2, 0) is 6.54 Å². The van der Waals surface area contributed by atoms with Gasteiger partial charge in [-0.2, -0.15) is 0 Å². The number of urea groups is 1. The highest BCUT2D eigenvalue weighted by atomic mass is 79.9. The third-order valence-electron chi connectivity index (χ3n) is 3.99. The summed E-state index contributed by atoms with van der Waals surface area (Å²) in [6.45, 7) is 2.52. The number of carbonyl (C=O) groups is 1. The van der Waals surface area contributed by atoms with E-state index in [0.717, 1.165) is 41.3 Å². The van der Waals surface area contributed by atoms with Gasteiger partial charge in [-0.1, -0.05) is 34.8 Å². The van der Waals surface area contributed by atoms with Gasteiger partial charge in [-0.3, -0.25) is 0 Å². The van der Waals surface area contributed by atoms with Crippen LogP contribution in [0.5, 0.6) is 0 Å². The minimum atomic E-state index is -0.418. The Bertz CT molecular complexity index is 485. The lowest BCUT2D eigenvalue weighted by Crippen LogP contribution is -2.52. The molecule has 0 aliphatic heterocycles. The minimum absolute atomic E-state index is 0.0116. The fourth-order valence-electron chi connectivity index (χ4n) is 2.69. The highest BCUT2D eigenvalue weighted by molar-refractivity contribution is 9.10. The van der Waals surface area contributed by atoms with Gasteiger partial charge in [0, 0.05) is 11.0 Å². The van der Waals surface area contributed by atoms with Crippen molar-refractivity contribution in [2.45, 2.75) is 44.7 Å². The maximum Gasteiger partial charge on any atom is 0.315 e. The molecule has 1 fully saturated rings. The fraction of sp³-hybridized carbons (Fsp3) is 0.533. The van der Waals surface area contributed by atoms with E-state index in [1.165, 1.54) is 0 Å². The van der Waals surface area contributed by atoms with Gasteiger partial charge in [0.2, 0.25) is 0 Å². The Morgan fingerprint density at radius 2 is 2.10 bits per heavy atom. The second-order valence-corrected chi connectivity index (χ2v) is 6.44. The molecule has 2 rings (SSSR count). The number of hydrogen-bond donors (Lipinski definition) is 3. The molecule has 1 aliphatic rings. The van der Waals surface area contributed by atoms with Gasteiger partial charge < -0.3 is 15.7 Å². The summed E-state index contributed by atoms with van der Waals surface area (Å²) in [6.07, 6.45) is 3.84. The van der Waals surface area contributed by atoms with Gasteiger partial charge >= 0.3 is 6.03 Å². The van der Waals surface area contributed by atoms with E-state index in [0.29, 0.717) is 6.54 Å². The van der Waals surface area contributed by atoms with Gasteiger partial charge in [0.1, 0.15) is 0 Å². The molecular weight excluding hydrogens is 320 g/mol. The van der Waals surface area contributed by atoms with Gasteiger partial charge in [-0.25, -0.2) is 4.79 Å². The van der Waals surface area contributed by atoms with Gasteiger partial charge in [0.25, 0.3) is 0 Å². The van der Waals surface area contributed by atoms with Gasteiger partial charge in [0.15, 0.2) is 0 Å². The summed E-state index contributed by atoms with van der Waals surface area (Å²) in [4.78, 5) is 12.0. The maximum atomic E-state index is 12.0. The molecule has 0 unspecified atom stereocenters. The lowest BCUT2D eigenvalue weighted by molar-refractivity contribution is 0.162. The summed E-state index contributed by atoms with van der Waals surface area (Å²) in [7, 11) is 0. The number of aliphatic hydroxyl groups excluding tert-OH is 1. The first-order chi connectivity index (χ1) is 9.54. The normalized spacial score (nSPS) is 16.9. The zero-order chi connectivity index (χ0) is 14.6. The van der Waals surface area contributed by atoms with E-state index in [2.05, 4.69) is 26.6 Å². The van der Waals surface area contributed by atoms with Crippen LogP contribution in [-0.4, -0.2) is 23.3 Å². The van der Waals surface area contributed by atoms with E-state index in [1.54, 1.807) is 0 Å². The van der Waals surface area contributed by atoms with Crippen molar-refractivity contribution in [1.82, 2.24) is 10.6 Å². The summed E-state index contributed by atoms with van der Waals surface area (Å²) in [5.74, 6) is 0. The van der Waals surface area contributed by atoms with E-state index >= 15 is 0 Å². The van der Waals surface area contributed by atoms with Crippen molar-refractivity contribution < 1.29 is 9.90 Å². The standard InChI is InChI=1S/C15H21BrN2O2/c1-11-8-13(16)5-4-12(11)9-17-14(20)18-15(10-19)6-2-3-7-15/h4-5,8,19H,2-3,6-7,9-10H2,1H3,(H2,17,18,20). The molecular formula is C15H21BrN2O2. The van der Waals surface area contributed by atoms with Crippen LogP contribution >= 0.6 is 15.9 Å². The molecule has 0 bridgehead atoms. The largest absolute Gasteiger partial charge is 0.394 e. The zero-order valence-electron chi connectivity index (χ0n) is 11.7. The number of benzene rings is 1. The third-order valence-corrected chi connectivity index (χ3v) is 4.48. The second kappa shape index (κ2) is 6.59. The summed E-state index contributed by atoms with van der Waals surface area (Å²) < 4.78 is 1.04. The molecule has 1 saturated carbocycles. The summed E-state index contributed by atoms with van der Waals surface area (Å²) in [6, 6.07) is 5.79. The monoisotopic (exact) mass is 340 g/mol. The first-order valence-electron chi connectivity index (χ1n) is 6.97. The molecule has 1 aliphatic carbocycles. The summed E-state index contributed by atoms with van der Waals surface area (Å²) in [5.41, 5.74) is 1.81. The van der Waals surface area contributed by atoms with Crippen LogP contribution in [0.1, 0.15) is 36.8 Å². The summed E-state index contributed by atoms with van der Waals surface area (Å²) in [5, 5.41) is 15.3. The van der Waals surface area contributed by atoms with Crippen LogP contribution in [0.3, 0.4) is 0 Å². The Hall–Kier alpha value is -1.07. The lowest BCUT2D eigenvalue weighted by Gasteiger charge is -2.28. The van der Waals surface area contributed by atoms with Crippen molar-refractivity contribution in [3.8, 4) is 0 Å². The molecule has 0 saturated heterocycles. The number of aryl methyl sites for hydroxylation is 1. The van der Waals surface area contributed by atoms with Crippen molar-refractivity contribution in [2.24, 2.45) is 0 Å². The molecule has 0 spiro atoms. The molecule has 4 nitrogen and oxygen atoms in total. The van der Waals surface area contributed by atoms with Crippen molar-refractivity contribution >= 4 is 22.0 Å². The zero-order valence-corrected chi connectivity index (χ0v) is 13.3. The molecule has 0 radical (unpaired) electrons. The van der Waals surface area contributed by atoms with Crippen LogP contribution in [0.25, 0.3) is 0 Å². The Labute approximate surface area is 128 Å². The molecule has 110 valence electrons. The van der Waals surface area contributed by atoms with Gasteiger partial charge in [-0.05, 0) is 43.0 Å². The molecule has 3 N–H and O–H groups in total. The Morgan fingerprint density at radius 3 is 2.70 bits per heavy atom. The maximum absolute atomic E-state index is 12.0. The fourth-order valence-corrected chi connectivity index (χ4v) is 3.17. The first-order valence-corrected chi connectivity index (χ1v) is 7.76. The topological polar surface area (TPSA) is 61.4 Å². The number of aliphatic hydroxyl groups is 1. The number of amides is 2. The number of carbonyl (C=O) groups excluding carboxylic acids is 1. The Balaban J connectivity index is 1.89. The van der Waals surface area contributed by atoms with Gasteiger partial charge in [-0.15, -0.1) is 0 Å². The quantitative estimate of drug-likeness (QED) is 0.789. The minimum Gasteiger partial charge on any atom is -0.394 e. The number of rotatable bonds is 4. The van der Waals surface area contributed by atoms with E-state index in [1.807, 2.05) is 25.1 Å². The Kier molecular flexibility index (Phi) is 5.05. The van der Waals surface area contributed by atoms with Crippen LogP contribution < -0.4 is 10.6 Å². The molecule has 5 heteroatoms. The first kappa shape index (κ1) is 15.3. The van der Waals surface area contributed by atoms with E-state index in [-0.39, 0.29) is 12.6 Å². The van der Waals surface area contributed by atoms with Crippen LogP contribution in [0, 0.1) is 6.92 Å². The molecule has 0 atom stereocenters. The van der Waals surface area contributed by atoms with E-state index in [4.69, 9.17) is 0 Å². The van der Waals surface area contributed by atoms with Crippen molar-refractivity contribution in [3.63, 3.8) is 0 Å².